The summed E-state index contributed by atoms with van der Waals surface area (Å²) in [5, 5.41) is 4.14. The molecule has 0 aliphatic carbocycles. The molecule has 1 saturated heterocycles. The van der Waals surface area contributed by atoms with Crippen LogP contribution in [-0.4, -0.2) is 52.8 Å². The van der Waals surface area contributed by atoms with Gasteiger partial charge in [0, 0.05) is 56.2 Å². The van der Waals surface area contributed by atoms with Crippen molar-refractivity contribution in [3.63, 3.8) is 0 Å². The number of aromatic nitrogens is 3. The summed E-state index contributed by atoms with van der Waals surface area (Å²) in [6, 6.07) is 7.25. The molecule has 3 rings (SSSR count). The quantitative estimate of drug-likeness (QED) is 0.828. The molecule has 1 aliphatic rings. The minimum Gasteiger partial charge on any atom is -0.378 e. The Morgan fingerprint density at radius 2 is 2.00 bits per heavy atom. The Bertz CT molecular complexity index is 874. The molecule has 0 saturated carbocycles. The average Bonchev–Trinajstić information content (AvgIpc) is 3.08. The van der Waals surface area contributed by atoms with Gasteiger partial charge in [-0.25, -0.2) is 4.68 Å². The summed E-state index contributed by atoms with van der Waals surface area (Å²) in [5.74, 6) is 0.146. The highest BCUT2D eigenvalue weighted by molar-refractivity contribution is 5.76. The summed E-state index contributed by atoms with van der Waals surface area (Å²) in [5.41, 5.74) is 3.58. The molecule has 2 aromatic rings. The standard InChI is InChI=1S/C19H25N5O2/c1-13-5-6-18(25)24(21-13)12-19(26)23-8-7-15(11-23)17-10-16(22(3)4)9-14(2)20-17/h5-6,9-10,15H,7-8,11-12H2,1-4H3. The van der Waals surface area contributed by atoms with Gasteiger partial charge in [0.1, 0.15) is 6.54 Å². The van der Waals surface area contributed by atoms with Crippen molar-refractivity contribution in [3.8, 4) is 0 Å². The van der Waals surface area contributed by atoms with Gasteiger partial charge >= 0.3 is 0 Å². The van der Waals surface area contributed by atoms with Crippen LogP contribution >= 0.6 is 0 Å². The van der Waals surface area contributed by atoms with Crippen LogP contribution in [0.25, 0.3) is 0 Å². The van der Waals surface area contributed by atoms with Gasteiger partial charge < -0.3 is 9.80 Å². The van der Waals surface area contributed by atoms with E-state index in [1.807, 2.05) is 21.0 Å². The highest BCUT2D eigenvalue weighted by Crippen LogP contribution is 2.28. The lowest BCUT2D eigenvalue weighted by atomic mass is 10.0. The van der Waals surface area contributed by atoms with E-state index in [9.17, 15) is 9.59 Å². The van der Waals surface area contributed by atoms with E-state index in [2.05, 4.69) is 27.1 Å². The molecule has 3 heterocycles. The first-order chi connectivity index (χ1) is 12.3. The maximum Gasteiger partial charge on any atom is 0.267 e. The molecular weight excluding hydrogens is 330 g/mol. The predicted octanol–water partition coefficient (Wildman–Crippen LogP) is 1.34. The summed E-state index contributed by atoms with van der Waals surface area (Å²) < 4.78 is 1.24. The number of likely N-dealkylation sites (tertiary alicyclic amines) is 1. The largest absolute Gasteiger partial charge is 0.378 e. The molecule has 2 aromatic heterocycles. The number of carbonyl (C=O) groups excluding carboxylic acids is 1. The van der Waals surface area contributed by atoms with Crippen molar-refractivity contribution in [1.82, 2.24) is 19.7 Å². The third-order valence-electron chi connectivity index (χ3n) is 4.72. The van der Waals surface area contributed by atoms with E-state index < -0.39 is 0 Å². The number of pyridine rings is 1. The first-order valence-corrected chi connectivity index (χ1v) is 8.82. The minimum absolute atomic E-state index is 0.0164. The molecule has 0 bridgehead atoms. The van der Waals surface area contributed by atoms with Crippen molar-refractivity contribution in [2.45, 2.75) is 32.7 Å². The van der Waals surface area contributed by atoms with Gasteiger partial charge in [-0.05, 0) is 38.5 Å². The van der Waals surface area contributed by atoms with Crippen molar-refractivity contribution < 1.29 is 4.79 Å². The minimum atomic E-state index is -0.254. The number of rotatable bonds is 4. The van der Waals surface area contributed by atoms with E-state index in [1.165, 1.54) is 10.7 Å². The number of amides is 1. The molecule has 138 valence electrons. The van der Waals surface area contributed by atoms with E-state index in [-0.39, 0.29) is 23.9 Å². The van der Waals surface area contributed by atoms with Crippen LogP contribution in [-0.2, 0) is 11.3 Å². The van der Waals surface area contributed by atoms with E-state index in [0.717, 1.165) is 29.2 Å². The predicted molar refractivity (Wildman–Crippen MR) is 100 cm³/mol. The molecule has 0 aromatic carbocycles. The number of anilines is 1. The van der Waals surface area contributed by atoms with Crippen LogP contribution in [0, 0.1) is 13.8 Å². The molecule has 7 nitrogen and oxygen atoms in total. The molecule has 1 aliphatic heterocycles. The molecule has 0 radical (unpaired) electrons. The van der Waals surface area contributed by atoms with Crippen molar-refractivity contribution >= 4 is 11.6 Å². The normalized spacial score (nSPS) is 16.8. The molecular formula is C19H25N5O2. The molecule has 1 atom stereocenters. The van der Waals surface area contributed by atoms with Gasteiger partial charge in [-0.2, -0.15) is 5.10 Å². The zero-order valence-electron chi connectivity index (χ0n) is 15.8. The second kappa shape index (κ2) is 7.27. The molecule has 7 heteroatoms. The maximum atomic E-state index is 12.6. The monoisotopic (exact) mass is 355 g/mol. The van der Waals surface area contributed by atoms with Crippen LogP contribution in [0.5, 0.6) is 0 Å². The second-order valence-corrected chi connectivity index (χ2v) is 7.08. The number of nitrogens with zero attached hydrogens (tertiary/aromatic N) is 5. The van der Waals surface area contributed by atoms with Crippen molar-refractivity contribution in [2.24, 2.45) is 0 Å². The number of hydrogen-bond donors (Lipinski definition) is 0. The Morgan fingerprint density at radius 1 is 1.23 bits per heavy atom. The molecule has 1 amide bonds. The summed E-state index contributed by atoms with van der Waals surface area (Å²) in [4.78, 5) is 33.0. The van der Waals surface area contributed by atoms with Crippen LogP contribution < -0.4 is 10.5 Å². The van der Waals surface area contributed by atoms with Gasteiger partial charge in [0.05, 0.1) is 5.69 Å². The maximum absolute atomic E-state index is 12.6. The smallest absolute Gasteiger partial charge is 0.267 e. The summed E-state index contributed by atoms with van der Waals surface area (Å²) in [6.07, 6.45) is 0.880. The van der Waals surface area contributed by atoms with Gasteiger partial charge in [-0.3, -0.25) is 14.6 Å². The Hall–Kier alpha value is -2.70. The van der Waals surface area contributed by atoms with Crippen LogP contribution in [0.15, 0.2) is 29.1 Å². The highest BCUT2D eigenvalue weighted by atomic mass is 16.2. The SMILES string of the molecule is Cc1cc(N(C)C)cc(C2CCN(C(=O)Cn3nc(C)ccc3=O)C2)n1. The third-order valence-corrected chi connectivity index (χ3v) is 4.72. The lowest BCUT2D eigenvalue weighted by Gasteiger charge is -2.19. The van der Waals surface area contributed by atoms with Crippen LogP contribution in [0.1, 0.15) is 29.4 Å². The van der Waals surface area contributed by atoms with Crippen LogP contribution in [0.4, 0.5) is 5.69 Å². The fourth-order valence-corrected chi connectivity index (χ4v) is 3.26. The van der Waals surface area contributed by atoms with Crippen molar-refractivity contribution in [1.29, 1.82) is 0 Å². The third kappa shape index (κ3) is 3.92. The van der Waals surface area contributed by atoms with Gasteiger partial charge in [-0.1, -0.05) is 0 Å². The summed E-state index contributed by atoms with van der Waals surface area (Å²) >= 11 is 0. The molecule has 1 fully saturated rings. The number of aryl methyl sites for hydroxylation is 2. The van der Waals surface area contributed by atoms with E-state index in [4.69, 9.17) is 0 Å². The lowest BCUT2D eigenvalue weighted by Crippen LogP contribution is -2.36. The first-order valence-electron chi connectivity index (χ1n) is 8.82. The van der Waals surface area contributed by atoms with Crippen molar-refractivity contribution in [2.75, 3.05) is 32.1 Å². The van der Waals surface area contributed by atoms with Gasteiger partial charge in [0.25, 0.3) is 5.56 Å². The van der Waals surface area contributed by atoms with E-state index in [0.29, 0.717) is 13.1 Å². The first kappa shape index (κ1) is 18.1. The highest BCUT2D eigenvalue weighted by Gasteiger charge is 2.29. The van der Waals surface area contributed by atoms with E-state index in [1.54, 1.807) is 17.9 Å². The Kier molecular flexibility index (Phi) is 5.06. The zero-order valence-corrected chi connectivity index (χ0v) is 15.8. The summed E-state index contributed by atoms with van der Waals surface area (Å²) in [6.45, 7) is 5.08. The van der Waals surface area contributed by atoms with E-state index >= 15 is 0 Å². The molecule has 0 N–H and O–H groups in total. The van der Waals surface area contributed by atoms with Crippen LogP contribution in [0.3, 0.4) is 0 Å². The number of hydrogen-bond acceptors (Lipinski definition) is 5. The van der Waals surface area contributed by atoms with Gasteiger partial charge in [0.2, 0.25) is 5.91 Å². The van der Waals surface area contributed by atoms with Gasteiger partial charge in [0.15, 0.2) is 0 Å². The summed E-state index contributed by atoms with van der Waals surface area (Å²) in [7, 11) is 4.02. The molecule has 0 spiro atoms. The van der Waals surface area contributed by atoms with Gasteiger partial charge in [-0.15, -0.1) is 0 Å². The van der Waals surface area contributed by atoms with Crippen LogP contribution in [0.2, 0.25) is 0 Å². The molecule has 1 unspecified atom stereocenters. The fraction of sp³-hybridized carbons (Fsp3) is 0.474. The Balaban J connectivity index is 1.71. The van der Waals surface area contributed by atoms with Crippen molar-refractivity contribution in [3.05, 3.63) is 51.7 Å². The number of carbonyl (C=O) groups is 1. The fourth-order valence-electron chi connectivity index (χ4n) is 3.26. The Morgan fingerprint density at radius 3 is 2.73 bits per heavy atom. The topological polar surface area (TPSA) is 71.3 Å². The average molecular weight is 355 g/mol. The second-order valence-electron chi connectivity index (χ2n) is 7.08. The Labute approximate surface area is 153 Å². The molecule has 26 heavy (non-hydrogen) atoms. The lowest BCUT2D eigenvalue weighted by molar-refractivity contribution is -0.131. The zero-order chi connectivity index (χ0) is 18.8.